The molecule has 2 amide bonds. The highest BCUT2D eigenvalue weighted by Crippen LogP contribution is 2.34. The van der Waals surface area contributed by atoms with Crippen LogP contribution in [0.2, 0.25) is 0 Å². The van der Waals surface area contributed by atoms with E-state index in [0.717, 1.165) is 16.7 Å². The fourth-order valence-corrected chi connectivity index (χ4v) is 5.08. The number of benzene rings is 3. The molecule has 2 heterocycles. The number of hydrogen-bond acceptors (Lipinski definition) is 6. The fraction of sp³-hybridized carbons (Fsp3) is 0.333. The number of esters is 1. The van der Waals surface area contributed by atoms with Crippen LogP contribution in [0.1, 0.15) is 16.7 Å². The lowest BCUT2D eigenvalue weighted by atomic mass is 9.99. The van der Waals surface area contributed by atoms with Gasteiger partial charge < -0.3 is 28.7 Å². The smallest absolute Gasteiger partial charge is 0.330 e. The Bertz CT molecular complexity index is 1190. The van der Waals surface area contributed by atoms with Crippen molar-refractivity contribution in [2.45, 2.75) is 44.2 Å². The van der Waals surface area contributed by atoms with Gasteiger partial charge in [-0.15, -0.1) is 0 Å². The molecule has 198 valence electrons. The number of urea groups is 1. The molecule has 8 nitrogen and oxygen atoms in total. The summed E-state index contributed by atoms with van der Waals surface area (Å²) in [5, 5.41) is 0. The number of methoxy groups -OCH3 is 1. The maximum Gasteiger partial charge on any atom is 0.330 e. The number of nitrogens with zero attached hydrogens (tertiary/aromatic N) is 2. The van der Waals surface area contributed by atoms with Crippen LogP contribution in [0.5, 0.6) is 0 Å². The maximum atomic E-state index is 14.1. The molecule has 0 radical (unpaired) electrons. The Morgan fingerprint density at radius 3 is 1.84 bits per heavy atom. The van der Waals surface area contributed by atoms with Gasteiger partial charge in [0.05, 0.1) is 33.0 Å². The highest BCUT2D eigenvalue weighted by molar-refractivity contribution is 5.88. The topological polar surface area (TPSA) is 77.5 Å². The predicted octanol–water partition coefficient (Wildman–Crippen LogP) is 3.99. The summed E-state index contributed by atoms with van der Waals surface area (Å²) in [6.45, 7) is 1.63. The zero-order valence-corrected chi connectivity index (χ0v) is 21.3. The average Bonchev–Trinajstić information content (AvgIpc) is 3.58. The normalized spacial score (nSPS) is 20.6. The summed E-state index contributed by atoms with van der Waals surface area (Å²) in [5.41, 5.74) is 2.81. The van der Waals surface area contributed by atoms with Crippen LogP contribution in [0, 0.1) is 0 Å². The van der Waals surface area contributed by atoms with E-state index in [4.69, 9.17) is 18.9 Å². The Kier molecular flexibility index (Phi) is 8.33. The zero-order chi connectivity index (χ0) is 26.3. The third kappa shape index (κ3) is 5.72. The van der Waals surface area contributed by atoms with Crippen LogP contribution in [0.4, 0.5) is 4.79 Å². The van der Waals surface area contributed by atoms with Crippen molar-refractivity contribution in [3.8, 4) is 0 Å². The van der Waals surface area contributed by atoms with E-state index in [1.54, 1.807) is 9.80 Å². The Balaban J connectivity index is 1.54. The third-order valence-electron chi connectivity index (χ3n) is 6.88. The highest BCUT2D eigenvalue weighted by atomic mass is 16.7. The van der Waals surface area contributed by atoms with Crippen LogP contribution in [-0.4, -0.2) is 66.6 Å². The van der Waals surface area contributed by atoms with Crippen molar-refractivity contribution in [3.63, 3.8) is 0 Å². The Labute approximate surface area is 222 Å². The van der Waals surface area contributed by atoms with Crippen molar-refractivity contribution < 1.29 is 28.5 Å². The molecule has 2 aliphatic heterocycles. The van der Waals surface area contributed by atoms with Gasteiger partial charge in [0.25, 0.3) is 0 Å². The lowest BCUT2D eigenvalue weighted by Crippen LogP contribution is -2.55. The molecule has 0 N–H and O–H groups in total. The molecule has 2 aliphatic rings. The number of ether oxygens (including phenoxy) is 4. The summed E-state index contributed by atoms with van der Waals surface area (Å²) in [6, 6.07) is 27.1. The van der Waals surface area contributed by atoms with Gasteiger partial charge in [-0.25, -0.2) is 9.59 Å². The minimum absolute atomic E-state index is 0.249. The highest BCUT2D eigenvalue weighted by Gasteiger charge is 2.56. The SMILES string of the molecule is COC(=O)[C@@H]1[C@@H]([C@@H](OCc2ccccc2)C2OCCO2)N(Cc2ccccc2)C(=O)N1Cc1ccccc1. The lowest BCUT2D eigenvalue weighted by Gasteiger charge is -2.35. The van der Waals surface area contributed by atoms with E-state index in [0.29, 0.717) is 19.8 Å². The first-order valence-corrected chi connectivity index (χ1v) is 12.8. The molecular formula is C30H32N2O6. The van der Waals surface area contributed by atoms with E-state index in [9.17, 15) is 9.59 Å². The number of carbonyl (C=O) groups excluding carboxylic acids is 2. The standard InChI is InChI=1S/C30H32N2O6/c1-35-28(33)26-25(27(29-36-17-18-37-29)38-21-24-15-9-4-10-16-24)31(19-22-11-5-2-6-12-22)30(34)32(26)20-23-13-7-3-8-14-23/h2-16,25-27,29H,17-21H2,1H3/t25-,26-,27+/m0/s1. The van der Waals surface area contributed by atoms with Crippen molar-refractivity contribution >= 4 is 12.0 Å². The molecule has 2 saturated heterocycles. The second-order valence-electron chi connectivity index (χ2n) is 9.34. The van der Waals surface area contributed by atoms with Crippen molar-refractivity contribution in [2.75, 3.05) is 20.3 Å². The average molecular weight is 517 g/mol. The summed E-state index contributed by atoms with van der Waals surface area (Å²) in [4.78, 5) is 30.7. The van der Waals surface area contributed by atoms with Crippen molar-refractivity contribution in [1.82, 2.24) is 9.80 Å². The van der Waals surface area contributed by atoms with Gasteiger partial charge in [-0.3, -0.25) is 0 Å². The number of carbonyl (C=O) groups is 2. The molecule has 2 fully saturated rings. The van der Waals surface area contributed by atoms with Gasteiger partial charge in [-0.2, -0.15) is 0 Å². The van der Waals surface area contributed by atoms with Gasteiger partial charge in [0.15, 0.2) is 12.3 Å². The van der Waals surface area contributed by atoms with E-state index in [-0.39, 0.29) is 19.2 Å². The maximum absolute atomic E-state index is 14.1. The summed E-state index contributed by atoms with van der Waals surface area (Å²) in [7, 11) is 1.34. The number of amides is 2. The van der Waals surface area contributed by atoms with E-state index in [1.165, 1.54) is 7.11 Å². The summed E-state index contributed by atoms with van der Waals surface area (Å²) in [6.07, 6.45) is -1.48. The predicted molar refractivity (Wildman–Crippen MR) is 140 cm³/mol. The molecule has 0 saturated carbocycles. The fourth-order valence-electron chi connectivity index (χ4n) is 5.08. The zero-order valence-electron chi connectivity index (χ0n) is 21.3. The third-order valence-corrected chi connectivity index (χ3v) is 6.88. The van der Waals surface area contributed by atoms with E-state index in [1.807, 2.05) is 91.0 Å². The van der Waals surface area contributed by atoms with Crippen molar-refractivity contribution in [2.24, 2.45) is 0 Å². The minimum atomic E-state index is -0.926. The molecule has 3 aromatic rings. The van der Waals surface area contributed by atoms with Crippen molar-refractivity contribution in [1.29, 1.82) is 0 Å². The molecule has 3 aromatic carbocycles. The van der Waals surface area contributed by atoms with Crippen LogP contribution in [0.3, 0.4) is 0 Å². The molecule has 5 rings (SSSR count). The Morgan fingerprint density at radius 1 is 0.816 bits per heavy atom. The van der Waals surface area contributed by atoms with Crippen LogP contribution in [0.25, 0.3) is 0 Å². The molecule has 8 heteroatoms. The van der Waals surface area contributed by atoms with E-state index >= 15 is 0 Å². The minimum Gasteiger partial charge on any atom is -0.467 e. The first-order valence-electron chi connectivity index (χ1n) is 12.8. The Morgan fingerprint density at radius 2 is 1.32 bits per heavy atom. The molecule has 38 heavy (non-hydrogen) atoms. The van der Waals surface area contributed by atoms with Gasteiger partial charge in [0, 0.05) is 13.1 Å². The largest absolute Gasteiger partial charge is 0.467 e. The van der Waals surface area contributed by atoms with E-state index < -0.39 is 30.4 Å². The lowest BCUT2D eigenvalue weighted by molar-refractivity contribution is -0.175. The monoisotopic (exact) mass is 516 g/mol. The summed E-state index contributed by atoms with van der Waals surface area (Å²) in [5.74, 6) is -0.513. The van der Waals surface area contributed by atoms with Crippen LogP contribution in [0.15, 0.2) is 91.0 Å². The molecule has 0 spiro atoms. The van der Waals surface area contributed by atoms with Gasteiger partial charge in [-0.05, 0) is 16.7 Å². The molecule has 3 atom stereocenters. The van der Waals surface area contributed by atoms with Crippen LogP contribution in [-0.2, 0) is 43.4 Å². The second-order valence-corrected chi connectivity index (χ2v) is 9.34. The first-order chi connectivity index (χ1) is 18.7. The van der Waals surface area contributed by atoms with Gasteiger partial charge >= 0.3 is 12.0 Å². The van der Waals surface area contributed by atoms with Gasteiger partial charge in [0.2, 0.25) is 0 Å². The summed E-state index contributed by atoms with van der Waals surface area (Å²) < 4.78 is 23.5. The van der Waals surface area contributed by atoms with Crippen LogP contribution >= 0.6 is 0 Å². The quantitative estimate of drug-likeness (QED) is 0.379. The van der Waals surface area contributed by atoms with Crippen LogP contribution < -0.4 is 0 Å². The van der Waals surface area contributed by atoms with Gasteiger partial charge in [-0.1, -0.05) is 91.0 Å². The molecular weight excluding hydrogens is 484 g/mol. The molecule has 0 unspecified atom stereocenters. The molecule has 0 aliphatic carbocycles. The molecule has 0 aromatic heterocycles. The summed E-state index contributed by atoms with van der Waals surface area (Å²) >= 11 is 0. The van der Waals surface area contributed by atoms with Gasteiger partial charge in [0.1, 0.15) is 6.10 Å². The first kappa shape index (κ1) is 25.9. The van der Waals surface area contributed by atoms with Crippen molar-refractivity contribution in [3.05, 3.63) is 108 Å². The number of hydrogen-bond donors (Lipinski definition) is 0. The second kappa shape index (κ2) is 12.2. The molecule has 0 bridgehead atoms. The Hall–Kier alpha value is -3.72. The number of rotatable bonds is 10. The van der Waals surface area contributed by atoms with E-state index in [2.05, 4.69) is 0 Å².